The van der Waals surface area contributed by atoms with Gasteiger partial charge >= 0.3 is 0 Å². The van der Waals surface area contributed by atoms with Crippen molar-refractivity contribution >= 4 is 34.7 Å². The number of fused-ring (bicyclic) bond motifs is 1. The van der Waals surface area contributed by atoms with Gasteiger partial charge in [-0.2, -0.15) is 0 Å². The fourth-order valence-corrected chi connectivity index (χ4v) is 2.92. The van der Waals surface area contributed by atoms with E-state index in [9.17, 15) is 0 Å². The Morgan fingerprint density at radius 3 is 2.71 bits per heavy atom. The Bertz CT molecular complexity index is 743. The fourth-order valence-electron chi connectivity index (χ4n) is 2.45. The summed E-state index contributed by atoms with van der Waals surface area (Å²) in [6.45, 7) is 5.82. The number of rotatable bonds is 2. The monoisotopic (exact) mass is 315 g/mol. The van der Waals surface area contributed by atoms with Crippen molar-refractivity contribution in [1.29, 1.82) is 0 Å². The molecule has 0 aliphatic carbocycles. The molecule has 2 aromatic carbocycles. The zero-order valence-electron chi connectivity index (χ0n) is 11.5. The van der Waals surface area contributed by atoms with Gasteiger partial charge in [0.1, 0.15) is 0 Å². The summed E-state index contributed by atoms with van der Waals surface area (Å²) < 4.78 is 5.74. The molecule has 106 valence electrons. The van der Waals surface area contributed by atoms with Crippen molar-refractivity contribution in [2.45, 2.75) is 12.5 Å². The Morgan fingerprint density at radius 1 is 1.24 bits per heavy atom. The lowest BCUT2D eigenvalue weighted by molar-refractivity contribution is 0.127. The van der Waals surface area contributed by atoms with Gasteiger partial charge in [0.15, 0.2) is 5.60 Å². The first-order valence-electron chi connectivity index (χ1n) is 6.56. The SMILES string of the molecule is C=CC1(C)OC(=S)Nc2ccc(-c3cccc(Cl)c3)cc21. The number of ether oxygens (including phenoxy) is 1. The van der Waals surface area contributed by atoms with Gasteiger partial charge in [-0.05, 0) is 60.6 Å². The molecule has 0 radical (unpaired) electrons. The number of hydrogen-bond acceptors (Lipinski definition) is 2. The molecule has 21 heavy (non-hydrogen) atoms. The van der Waals surface area contributed by atoms with Crippen LogP contribution in [0.5, 0.6) is 0 Å². The zero-order valence-corrected chi connectivity index (χ0v) is 13.1. The Morgan fingerprint density at radius 2 is 2.00 bits per heavy atom. The highest BCUT2D eigenvalue weighted by atomic mass is 35.5. The van der Waals surface area contributed by atoms with Crippen LogP contribution in [0.3, 0.4) is 0 Å². The molecule has 0 amide bonds. The molecule has 0 saturated carbocycles. The summed E-state index contributed by atoms with van der Waals surface area (Å²) in [5.41, 5.74) is 3.45. The summed E-state index contributed by atoms with van der Waals surface area (Å²) in [5, 5.41) is 4.15. The molecule has 0 aromatic heterocycles. The molecule has 0 fully saturated rings. The molecule has 1 aliphatic heterocycles. The smallest absolute Gasteiger partial charge is 0.262 e. The number of anilines is 1. The minimum absolute atomic E-state index is 0.361. The molecular formula is C17H14ClNOS. The molecule has 1 aliphatic rings. The standard InChI is InChI=1S/C17H14ClNOS/c1-3-17(2)14-10-12(11-5-4-6-13(18)9-11)7-8-15(14)19-16(21)20-17/h3-10H,1H2,2H3,(H,19,21). The van der Waals surface area contributed by atoms with Crippen molar-refractivity contribution < 1.29 is 4.74 Å². The molecule has 2 aromatic rings. The maximum Gasteiger partial charge on any atom is 0.262 e. The van der Waals surface area contributed by atoms with E-state index in [4.69, 9.17) is 28.6 Å². The molecular weight excluding hydrogens is 302 g/mol. The molecule has 0 bridgehead atoms. The zero-order chi connectivity index (χ0) is 15.0. The van der Waals surface area contributed by atoms with Gasteiger partial charge in [0, 0.05) is 16.3 Å². The minimum Gasteiger partial charge on any atom is -0.455 e. The maximum absolute atomic E-state index is 6.07. The highest BCUT2D eigenvalue weighted by Crippen LogP contribution is 2.39. The van der Waals surface area contributed by atoms with Crippen LogP contribution in [0.1, 0.15) is 12.5 Å². The fraction of sp³-hybridized carbons (Fsp3) is 0.118. The van der Waals surface area contributed by atoms with Gasteiger partial charge in [0.2, 0.25) is 0 Å². The Balaban J connectivity index is 2.14. The van der Waals surface area contributed by atoms with E-state index in [0.29, 0.717) is 10.2 Å². The van der Waals surface area contributed by atoms with Crippen molar-refractivity contribution in [2.24, 2.45) is 0 Å². The van der Waals surface area contributed by atoms with Gasteiger partial charge in [-0.25, -0.2) is 0 Å². The van der Waals surface area contributed by atoms with Crippen LogP contribution in [-0.4, -0.2) is 5.17 Å². The van der Waals surface area contributed by atoms with Crippen molar-refractivity contribution in [3.05, 3.63) is 65.7 Å². The van der Waals surface area contributed by atoms with Crippen LogP contribution in [0.4, 0.5) is 5.69 Å². The van der Waals surface area contributed by atoms with E-state index in [2.05, 4.69) is 18.0 Å². The normalized spacial score (nSPS) is 20.2. The van der Waals surface area contributed by atoms with Crippen LogP contribution < -0.4 is 5.32 Å². The van der Waals surface area contributed by atoms with Crippen LogP contribution in [0.25, 0.3) is 11.1 Å². The average molecular weight is 316 g/mol. The van der Waals surface area contributed by atoms with E-state index in [1.54, 1.807) is 6.08 Å². The summed E-state index contributed by atoms with van der Waals surface area (Å²) in [7, 11) is 0. The topological polar surface area (TPSA) is 21.3 Å². The van der Waals surface area contributed by atoms with E-state index >= 15 is 0 Å². The average Bonchev–Trinajstić information content (AvgIpc) is 2.47. The number of thiocarbonyl (C=S) groups is 1. The van der Waals surface area contributed by atoms with Gasteiger partial charge in [0.25, 0.3) is 5.17 Å². The molecule has 4 heteroatoms. The third kappa shape index (κ3) is 2.55. The van der Waals surface area contributed by atoms with Crippen LogP contribution in [0.2, 0.25) is 5.02 Å². The van der Waals surface area contributed by atoms with Crippen LogP contribution >= 0.6 is 23.8 Å². The Hall–Kier alpha value is -1.84. The molecule has 1 N–H and O–H groups in total. The lowest BCUT2D eigenvalue weighted by Gasteiger charge is -2.35. The summed E-state index contributed by atoms with van der Waals surface area (Å²) in [6, 6.07) is 13.9. The lowest BCUT2D eigenvalue weighted by Crippen LogP contribution is -2.35. The van der Waals surface area contributed by atoms with Crippen molar-refractivity contribution in [2.75, 3.05) is 5.32 Å². The number of benzene rings is 2. The molecule has 1 unspecified atom stereocenters. The first-order chi connectivity index (χ1) is 10.0. The quantitative estimate of drug-likeness (QED) is 0.613. The van der Waals surface area contributed by atoms with Crippen LogP contribution in [0, 0.1) is 0 Å². The summed E-state index contributed by atoms with van der Waals surface area (Å²) >= 11 is 11.2. The van der Waals surface area contributed by atoms with Crippen molar-refractivity contribution in [1.82, 2.24) is 0 Å². The second kappa shape index (κ2) is 5.17. The van der Waals surface area contributed by atoms with E-state index in [1.807, 2.05) is 43.3 Å². The first-order valence-corrected chi connectivity index (χ1v) is 7.34. The van der Waals surface area contributed by atoms with Gasteiger partial charge in [0.05, 0.1) is 0 Å². The number of hydrogen-bond donors (Lipinski definition) is 1. The predicted molar refractivity (Wildman–Crippen MR) is 91.7 cm³/mol. The Kier molecular flexibility index (Phi) is 3.47. The van der Waals surface area contributed by atoms with Gasteiger partial charge in [-0.15, -0.1) is 0 Å². The summed E-state index contributed by atoms with van der Waals surface area (Å²) in [4.78, 5) is 0. The molecule has 0 spiro atoms. The molecule has 1 atom stereocenters. The molecule has 3 rings (SSSR count). The summed E-state index contributed by atoms with van der Waals surface area (Å²) in [5.74, 6) is 0. The third-order valence-corrected chi connectivity index (χ3v) is 4.06. The predicted octanol–water partition coefficient (Wildman–Crippen LogP) is 5.14. The van der Waals surface area contributed by atoms with E-state index in [1.165, 1.54) is 0 Å². The second-order valence-electron chi connectivity index (χ2n) is 5.10. The first kappa shape index (κ1) is 14.1. The second-order valence-corrected chi connectivity index (χ2v) is 5.90. The van der Waals surface area contributed by atoms with Crippen molar-refractivity contribution in [3.8, 4) is 11.1 Å². The highest BCUT2D eigenvalue weighted by molar-refractivity contribution is 7.80. The van der Waals surface area contributed by atoms with Gasteiger partial charge < -0.3 is 10.1 Å². The van der Waals surface area contributed by atoms with E-state index in [0.717, 1.165) is 22.4 Å². The van der Waals surface area contributed by atoms with E-state index < -0.39 is 5.60 Å². The molecule has 2 nitrogen and oxygen atoms in total. The third-order valence-electron chi connectivity index (χ3n) is 3.64. The van der Waals surface area contributed by atoms with E-state index in [-0.39, 0.29) is 0 Å². The molecule has 0 saturated heterocycles. The van der Waals surface area contributed by atoms with Gasteiger partial charge in [-0.3, -0.25) is 0 Å². The Labute approximate surface area is 134 Å². The van der Waals surface area contributed by atoms with Crippen LogP contribution in [-0.2, 0) is 10.3 Å². The van der Waals surface area contributed by atoms with Crippen LogP contribution in [0.15, 0.2) is 55.1 Å². The maximum atomic E-state index is 6.07. The number of halogens is 1. The summed E-state index contributed by atoms with van der Waals surface area (Å²) in [6.07, 6.45) is 1.76. The molecule has 1 heterocycles. The highest BCUT2D eigenvalue weighted by Gasteiger charge is 2.33. The largest absolute Gasteiger partial charge is 0.455 e. The lowest BCUT2D eigenvalue weighted by atomic mass is 9.90. The minimum atomic E-state index is -0.633. The number of nitrogens with one attached hydrogen (secondary N) is 1. The van der Waals surface area contributed by atoms with Crippen molar-refractivity contribution in [3.63, 3.8) is 0 Å². The van der Waals surface area contributed by atoms with Gasteiger partial charge in [-0.1, -0.05) is 36.4 Å².